The largest absolute Gasteiger partial charge is 0.497 e. The Kier molecular flexibility index (Phi) is 4.43. The van der Waals surface area contributed by atoms with Gasteiger partial charge in [0, 0.05) is 25.7 Å². The fourth-order valence-corrected chi connectivity index (χ4v) is 2.47. The predicted molar refractivity (Wildman–Crippen MR) is 75.5 cm³/mol. The Bertz CT molecular complexity index is 448. The standard InChI is InChI=1S/C15H22N2O2/c1-11-10-16-7-8-17(11)15(18)12(2)13-5-4-6-14(9-13)19-3/h4-6,9,11-12,16H,7-8,10H2,1-3H3/t11-,12?/m1/s1. The van der Waals surface area contributed by atoms with E-state index in [9.17, 15) is 4.79 Å². The van der Waals surface area contributed by atoms with E-state index in [0.717, 1.165) is 30.9 Å². The minimum atomic E-state index is -0.129. The van der Waals surface area contributed by atoms with Gasteiger partial charge in [0.2, 0.25) is 5.91 Å². The van der Waals surface area contributed by atoms with Crippen LogP contribution in [0.3, 0.4) is 0 Å². The van der Waals surface area contributed by atoms with E-state index >= 15 is 0 Å². The molecule has 104 valence electrons. The summed E-state index contributed by atoms with van der Waals surface area (Å²) in [5, 5.41) is 3.30. The predicted octanol–water partition coefficient (Wildman–Crippen LogP) is 1.62. The van der Waals surface area contributed by atoms with Crippen LogP contribution in [-0.4, -0.2) is 43.6 Å². The van der Waals surface area contributed by atoms with Gasteiger partial charge in [0.15, 0.2) is 0 Å². The summed E-state index contributed by atoms with van der Waals surface area (Å²) in [6.45, 7) is 6.58. The molecular formula is C15H22N2O2. The van der Waals surface area contributed by atoms with E-state index < -0.39 is 0 Å². The SMILES string of the molecule is COc1cccc(C(C)C(=O)N2CCNC[C@H]2C)c1. The Morgan fingerprint density at radius 3 is 3.00 bits per heavy atom. The van der Waals surface area contributed by atoms with Gasteiger partial charge in [-0.05, 0) is 31.5 Å². The second-order valence-electron chi connectivity index (χ2n) is 5.08. The average Bonchev–Trinajstić information content (AvgIpc) is 2.46. The Morgan fingerprint density at radius 2 is 2.32 bits per heavy atom. The number of ether oxygens (including phenoxy) is 1. The molecule has 1 fully saturated rings. The lowest BCUT2D eigenvalue weighted by atomic mass is 9.98. The smallest absolute Gasteiger partial charge is 0.230 e. The average molecular weight is 262 g/mol. The highest BCUT2D eigenvalue weighted by Crippen LogP contribution is 2.23. The minimum Gasteiger partial charge on any atom is -0.497 e. The summed E-state index contributed by atoms with van der Waals surface area (Å²) >= 11 is 0. The van der Waals surface area contributed by atoms with Crippen molar-refractivity contribution in [1.29, 1.82) is 0 Å². The maximum atomic E-state index is 12.6. The molecule has 0 bridgehead atoms. The Morgan fingerprint density at radius 1 is 1.53 bits per heavy atom. The molecule has 1 aromatic rings. The van der Waals surface area contributed by atoms with Gasteiger partial charge in [-0.2, -0.15) is 0 Å². The van der Waals surface area contributed by atoms with E-state index in [4.69, 9.17) is 4.74 Å². The van der Waals surface area contributed by atoms with Crippen LogP contribution >= 0.6 is 0 Å². The zero-order valence-corrected chi connectivity index (χ0v) is 11.8. The van der Waals surface area contributed by atoms with Crippen LogP contribution in [-0.2, 0) is 4.79 Å². The Labute approximate surface area is 114 Å². The van der Waals surface area contributed by atoms with Gasteiger partial charge in [0.25, 0.3) is 0 Å². The highest BCUT2D eigenvalue weighted by molar-refractivity contribution is 5.83. The normalized spacial score (nSPS) is 21.0. The number of amides is 1. The molecule has 1 unspecified atom stereocenters. The highest BCUT2D eigenvalue weighted by Gasteiger charge is 2.27. The van der Waals surface area contributed by atoms with Crippen molar-refractivity contribution in [3.63, 3.8) is 0 Å². The summed E-state index contributed by atoms with van der Waals surface area (Å²) in [5.74, 6) is 0.864. The zero-order chi connectivity index (χ0) is 13.8. The number of methoxy groups -OCH3 is 1. The topological polar surface area (TPSA) is 41.6 Å². The summed E-state index contributed by atoms with van der Waals surface area (Å²) in [5.41, 5.74) is 1.01. The van der Waals surface area contributed by atoms with Crippen molar-refractivity contribution in [2.24, 2.45) is 0 Å². The molecular weight excluding hydrogens is 240 g/mol. The van der Waals surface area contributed by atoms with Crippen LogP contribution in [0.15, 0.2) is 24.3 Å². The summed E-state index contributed by atoms with van der Waals surface area (Å²) in [6, 6.07) is 8.01. The van der Waals surface area contributed by atoms with E-state index in [1.165, 1.54) is 0 Å². The molecule has 1 aromatic carbocycles. The molecule has 0 saturated carbocycles. The van der Waals surface area contributed by atoms with Crippen molar-refractivity contribution in [3.8, 4) is 5.75 Å². The number of hydrogen-bond acceptors (Lipinski definition) is 3. The van der Waals surface area contributed by atoms with Crippen LogP contribution < -0.4 is 10.1 Å². The van der Waals surface area contributed by atoms with E-state index in [1.54, 1.807) is 7.11 Å². The van der Waals surface area contributed by atoms with Crippen molar-refractivity contribution >= 4 is 5.91 Å². The molecule has 1 aliphatic rings. The number of rotatable bonds is 3. The second-order valence-corrected chi connectivity index (χ2v) is 5.08. The second kappa shape index (κ2) is 6.06. The quantitative estimate of drug-likeness (QED) is 0.900. The highest BCUT2D eigenvalue weighted by atomic mass is 16.5. The molecule has 19 heavy (non-hydrogen) atoms. The maximum absolute atomic E-state index is 12.6. The van der Waals surface area contributed by atoms with Gasteiger partial charge in [-0.3, -0.25) is 4.79 Å². The Balaban J connectivity index is 2.13. The number of carbonyl (C=O) groups excluding carboxylic acids is 1. The fourth-order valence-electron chi connectivity index (χ4n) is 2.47. The van der Waals surface area contributed by atoms with Crippen LogP contribution in [0.1, 0.15) is 25.3 Å². The van der Waals surface area contributed by atoms with Crippen LogP contribution in [0.2, 0.25) is 0 Å². The van der Waals surface area contributed by atoms with Crippen molar-refractivity contribution in [2.75, 3.05) is 26.7 Å². The molecule has 0 radical (unpaired) electrons. The van der Waals surface area contributed by atoms with Crippen LogP contribution in [0.4, 0.5) is 0 Å². The molecule has 2 rings (SSSR count). The lowest BCUT2D eigenvalue weighted by Crippen LogP contribution is -2.53. The van der Waals surface area contributed by atoms with Crippen molar-refractivity contribution in [2.45, 2.75) is 25.8 Å². The van der Waals surface area contributed by atoms with E-state index in [2.05, 4.69) is 12.2 Å². The van der Waals surface area contributed by atoms with Gasteiger partial charge in [-0.25, -0.2) is 0 Å². The third-order valence-electron chi connectivity index (χ3n) is 3.75. The lowest BCUT2D eigenvalue weighted by Gasteiger charge is -2.35. The molecule has 4 nitrogen and oxygen atoms in total. The molecule has 1 aliphatic heterocycles. The fraction of sp³-hybridized carbons (Fsp3) is 0.533. The van der Waals surface area contributed by atoms with Crippen LogP contribution in [0.5, 0.6) is 5.75 Å². The molecule has 0 spiro atoms. The van der Waals surface area contributed by atoms with E-state index in [-0.39, 0.29) is 17.9 Å². The number of benzene rings is 1. The first kappa shape index (κ1) is 13.9. The van der Waals surface area contributed by atoms with Gasteiger partial charge in [0.05, 0.1) is 13.0 Å². The monoisotopic (exact) mass is 262 g/mol. The molecule has 4 heteroatoms. The van der Waals surface area contributed by atoms with Gasteiger partial charge in [-0.15, -0.1) is 0 Å². The first-order valence-electron chi connectivity index (χ1n) is 6.78. The van der Waals surface area contributed by atoms with Crippen molar-refractivity contribution < 1.29 is 9.53 Å². The number of carbonyl (C=O) groups is 1. The van der Waals surface area contributed by atoms with E-state index in [0.29, 0.717) is 0 Å². The third kappa shape index (κ3) is 3.07. The molecule has 1 N–H and O–H groups in total. The van der Waals surface area contributed by atoms with Crippen LogP contribution in [0, 0.1) is 0 Å². The number of nitrogens with one attached hydrogen (secondary N) is 1. The van der Waals surface area contributed by atoms with Gasteiger partial charge in [-0.1, -0.05) is 12.1 Å². The third-order valence-corrected chi connectivity index (χ3v) is 3.75. The minimum absolute atomic E-state index is 0.129. The summed E-state index contributed by atoms with van der Waals surface area (Å²) < 4.78 is 5.22. The van der Waals surface area contributed by atoms with E-state index in [1.807, 2.05) is 36.1 Å². The summed E-state index contributed by atoms with van der Waals surface area (Å²) in [6.07, 6.45) is 0. The molecule has 0 aromatic heterocycles. The molecule has 2 atom stereocenters. The van der Waals surface area contributed by atoms with Crippen molar-refractivity contribution in [3.05, 3.63) is 29.8 Å². The molecule has 0 aliphatic carbocycles. The molecule has 1 amide bonds. The number of nitrogens with zero attached hydrogens (tertiary/aromatic N) is 1. The summed E-state index contributed by atoms with van der Waals surface area (Å²) in [7, 11) is 1.64. The molecule has 1 heterocycles. The Hall–Kier alpha value is -1.55. The molecule has 1 saturated heterocycles. The maximum Gasteiger partial charge on any atom is 0.230 e. The van der Waals surface area contributed by atoms with Crippen molar-refractivity contribution in [1.82, 2.24) is 10.2 Å². The number of hydrogen-bond donors (Lipinski definition) is 1. The first-order chi connectivity index (χ1) is 9.13. The van der Waals surface area contributed by atoms with Gasteiger partial charge in [0.1, 0.15) is 5.75 Å². The van der Waals surface area contributed by atoms with Crippen LogP contribution in [0.25, 0.3) is 0 Å². The summed E-state index contributed by atoms with van der Waals surface area (Å²) in [4.78, 5) is 14.5. The zero-order valence-electron chi connectivity index (χ0n) is 11.8. The van der Waals surface area contributed by atoms with Gasteiger partial charge < -0.3 is 15.0 Å². The first-order valence-corrected chi connectivity index (χ1v) is 6.78. The lowest BCUT2D eigenvalue weighted by molar-refractivity contribution is -0.135. The number of piperazine rings is 1. The van der Waals surface area contributed by atoms with Gasteiger partial charge >= 0.3 is 0 Å².